The van der Waals surface area contributed by atoms with Crippen LogP contribution in [0.3, 0.4) is 0 Å². The van der Waals surface area contributed by atoms with E-state index < -0.39 is 5.60 Å². The van der Waals surface area contributed by atoms with Gasteiger partial charge in [-0.25, -0.2) is 0 Å². The molecule has 0 saturated heterocycles. The predicted octanol–water partition coefficient (Wildman–Crippen LogP) is 12.0. The van der Waals surface area contributed by atoms with E-state index in [2.05, 4.69) is 132 Å². The van der Waals surface area contributed by atoms with E-state index in [1.165, 1.54) is 19.3 Å². The Hall–Kier alpha value is -3.28. The van der Waals surface area contributed by atoms with Gasteiger partial charge in [-0.05, 0) is 115 Å². The van der Waals surface area contributed by atoms with Gasteiger partial charge < -0.3 is 18.9 Å². The van der Waals surface area contributed by atoms with Gasteiger partial charge in [-0.15, -0.1) is 19.7 Å². The zero-order valence-electron chi connectivity index (χ0n) is 34.5. The highest BCUT2D eigenvalue weighted by molar-refractivity contribution is 5.47. The molecule has 4 aliphatic rings. The van der Waals surface area contributed by atoms with Gasteiger partial charge in [0.15, 0.2) is 0 Å². The number of hydrogen-bond donors (Lipinski definition) is 0. The Labute approximate surface area is 338 Å². The van der Waals surface area contributed by atoms with Crippen LogP contribution >= 0.6 is 0 Å². The van der Waals surface area contributed by atoms with Gasteiger partial charge >= 0.3 is 0 Å². The molecule has 0 aromatic heterocycles. The molecular weight excluding hydrogens is 689 g/mol. The Morgan fingerprint density at radius 3 is 1.86 bits per heavy atom. The minimum Gasteiger partial charge on any atom is -0.374 e. The predicted molar refractivity (Wildman–Crippen MR) is 229 cm³/mol. The molecule has 4 fully saturated rings. The van der Waals surface area contributed by atoms with Gasteiger partial charge in [-0.2, -0.15) is 0 Å². The first-order valence-electron chi connectivity index (χ1n) is 21.8. The van der Waals surface area contributed by atoms with Crippen LogP contribution in [-0.4, -0.2) is 44.7 Å². The van der Waals surface area contributed by atoms with Crippen molar-refractivity contribution in [3.8, 4) is 0 Å². The Bertz CT molecular complexity index is 1610. The molecule has 3 aromatic carbocycles. The number of benzene rings is 3. The number of hydrogen-bond acceptors (Lipinski definition) is 4. The number of rotatable bonds is 18. The van der Waals surface area contributed by atoms with E-state index in [0.29, 0.717) is 68.0 Å². The first kappa shape index (κ1) is 40.9. The zero-order valence-corrected chi connectivity index (χ0v) is 34.5. The summed E-state index contributed by atoms with van der Waals surface area (Å²) in [5.74, 6) is 3.34. The highest BCUT2D eigenvalue weighted by Crippen LogP contribution is 2.69. The second-order valence-electron chi connectivity index (χ2n) is 18.1. The van der Waals surface area contributed by atoms with Crippen LogP contribution in [0.15, 0.2) is 129 Å². The summed E-state index contributed by atoms with van der Waals surface area (Å²) >= 11 is 0. The fourth-order valence-corrected chi connectivity index (χ4v) is 12.8. The van der Waals surface area contributed by atoms with Gasteiger partial charge in [-0.3, -0.25) is 0 Å². The molecule has 4 aliphatic carbocycles. The molecule has 4 saturated carbocycles. The van der Waals surface area contributed by atoms with Gasteiger partial charge in [0.2, 0.25) is 0 Å². The van der Waals surface area contributed by atoms with Crippen LogP contribution in [0.1, 0.15) is 95.2 Å². The summed E-state index contributed by atoms with van der Waals surface area (Å²) in [6, 6.07) is 32.3. The summed E-state index contributed by atoms with van der Waals surface area (Å²) < 4.78 is 27.4. The summed E-state index contributed by atoms with van der Waals surface area (Å²) in [5.41, 5.74) is 3.11. The molecule has 56 heavy (non-hydrogen) atoms. The van der Waals surface area contributed by atoms with Gasteiger partial charge in [0, 0.05) is 12.0 Å². The van der Waals surface area contributed by atoms with Crippen molar-refractivity contribution >= 4 is 0 Å². The Morgan fingerprint density at radius 1 is 0.696 bits per heavy atom. The number of ether oxygens (including phenoxy) is 4. The second kappa shape index (κ2) is 18.1. The van der Waals surface area contributed by atoms with Crippen LogP contribution < -0.4 is 0 Å². The molecule has 4 nitrogen and oxygen atoms in total. The summed E-state index contributed by atoms with van der Waals surface area (Å²) in [6.45, 7) is 22.3. The van der Waals surface area contributed by atoms with Gasteiger partial charge in [0.25, 0.3) is 0 Å². The van der Waals surface area contributed by atoms with Crippen molar-refractivity contribution in [1.29, 1.82) is 0 Å². The molecule has 0 bridgehead atoms. The van der Waals surface area contributed by atoms with Gasteiger partial charge in [0.05, 0.1) is 38.1 Å². The molecular formula is C52H68O4. The van der Waals surface area contributed by atoms with Crippen LogP contribution in [0.2, 0.25) is 0 Å². The van der Waals surface area contributed by atoms with Gasteiger partial charge in [0.1, 0.15) is 5.60 Å². The molecule has 0 aliphatic heterocycles. The van der Waals surface area contributed by atoms with Gasteiger partial charge in [-0.1, -0.05) is 130 Å². The van der Waals surface area contributed by atoms with Crippen LogP contribution in [0, 0.1) is 46.3 Å². The van der Waals surface area contributed by atoms with E-state index in [-0.39, 0.29) is 23.0 Å². The first-order chi connectivity index (χ1) is 27.3. The SMILES string of the molecule is C=CCO[C@H]1CC[C@@]2(C)C(C1)C[C@@H](OCC=C)C1[C@@H]3CC[C@H]([C@H](C)CCCOC(c4ccccc4)(c4ccccc4)c4ccccc4)[C@@]3(C)[C@@H](OCC=C)C[C@@H]12. The van der Waals surface area contributed by atoms with Crippen molar-refractivity contribution in [2.75, 3.05) is 26.4 Å². The third kappa shape index (κ3) is 7.69. The lowest BCUT2D eigenvalue weighted by Gasteiger charge is -2.64. The topological polar surface area (TPSA) is 36.9 Å². The van der Waals surface area contributed by atoms with Crippen molar-refractivity contribution in [2.45, 2.75) is 102 Å². The van der Waals surface area contributed by atoms with Crippen molar-refractivity contribution in [1.82, 2.24) is 0 Å². The average Bonchev–Trinajstić information content (AvgIpc) is 3.60. The first-order valence-corrected chi connectivity index (χ1v) is 21.8. The molecule has 300 valence electrons. The van der Waals surface area contributed by atoms with Crippen molar-refractivity contribution < 1.29 is 18.9 Å². The molecule has 7 rings (SSSR count). The van der Waals surface area contributed by atoms with Crippen LogP contribution in [0.4, 0.5) is 0 Å². The molecule has 4 heteroatoms. The summed E-state index contributed by atoms with van der Waals surface area (Å²) in [5, 5.41) is 0. The van der Waals surface area contributed by atoms with E-state index in [1.54, 1.807) is 0 Å². The minimum absolute atomic E-state index is 0.0651. The Kier molecular flexibility index (Phi) is 13.2. The molecule has 0 amide bonds. The molecule has 3 aromatic rings. The van der Waals surface area contributed by atoms with E-state index in [1.807, 2.05) is 18.2 Å². The van der Waals surface area contributed by atoms with E-state index in [4.69, 9.17) is 18.9 Å². The molecule has 2 unspecified atom stereocenters. The lowest BCUT2D eigenvalue weighted by molar-refractivity contribution is -0.224. The fraction of sp³-hybridized carbons (Fsp3) is 0.538. The average molecular weight is 757 g/mol. The Balaban J connectivity index is 1.12. The third-order valence-electron chi connectivity index (χ3n) is 15.4. The molecule has 0 spiro atoms. The maximum absolute atomic E-state index is 7.25. The highest BCUT2D eigenvalue weighted by atomic mass is 16.5. The minimum atomic E-state index is -0.689. The summed E-state index contributed by atoms with van der Waals surface area (Å²) in [4.78, 5) is 0. The lowest BCUT2D eigenvalue weighted by Crippen LogP contribution is -2.63. The quantitative estimate of drug-likeness (QED) is 0.0736. The largest absolute Gasteiger partial charge is 0.374 e. The maximum atomic E-state index is 7.25. The third-order valence-corrected chi connectivity index (χ3v) is 15.4. The highest BCUT2D eigenvalue weighted by Gasteiger charge is 2.66. The smallest absolute Gasteiger partial charge is 0.143 e. The van der Waals surface area contributed by atoms with Crippen LogP contribution in [0.25, 0.3) is 0 Å². The van der Waals surface area contributed by atoms with Crippen LogP contribution in [0.5, 0.6) is 0 Å². The molecule has 0 heterocycles. The molecule has 0 N–H and O–H groups in total. The zero-order chi connectivity index (χ0) is 39.2. The summed E-state index contributed by atoms with van der Waals surface area (Å²) in [6.07, 6.45) is 16.8. The van der Waals surface area contributed by atoms with E-state index in [0.717, 1.165) is 55.2 Å². The molecule has 11 atom stereocenters. The van der Waals surface area contributed by atoms with E-state index >= 15 is 0 Å². The maximum Gasteiger partial charge on any atom is 0.143 e. The van der Waals surface area contributed by atoms with Crippen LogP contribution in [-0.2, 0) is 24.5 Å². The number of fused-ring (bicyclic) bond motifs is 5. The fourth-order valence-electron chi connectivity index (χ4n) is 12.8. The summed E-state index contributed by atoms with van der Waals surface area (Å²) in [7, 11) is 0. The monoisotopic (exact) mass is 757 g/mol. The normalized spacial score (nSPS) is 33.1. The second-order valence-corrected chi connectivity index (χ2v) is 18.1. The van der Waals surface area contributed by atoms with Crippen molar-refractivity contribution in [3.63, 3.8) is 0 Å². The van der Waals surface area contributed by atoms with E-state index in [9.17, 15) is 0 Å². The standard InChI is InChI=1S/C52H68O4/c1-7-31-53-43-29-30-50(5)42(35-43)36-47(54-32-8-2)49-45-28-27-44(51(45,6)48(37-46(49)50)55-33-9-3)38(4)20-19-34-56-52(39-21-13-10-14-22-39,40-23-15-11-16-24-40)41-25-17-12-18-26-41/h7-18,21-26,38,42-49H,1-3,19-20,27-37H2,4-6H3/t38-,42?,43+,44-,45+,46+,47-,48+,49?,50+,51-/m1/s1. The van der Waals surface area contributed by atoms with Crippen molar-refractivity contribution in [3.05, 3.63) is 146 Å². The molecule has 0 radical (unpaired) electrons. The lowest BCUT2D eigenvalue weighted by atomic mass is 9.43. The Morgan fingerprint density at radius 2 is 1.27 bits per heavy atom. The van der Waals surface area contributed by atoms with Crippen molar-refractivity contribution in [2.24, 2.45) is 46.3 Å².